The number of benzene rings is 1. The number of aromatic nitrogens is 3. The molecule has 3 rings (SSSR count). The molecule has 3 aromatic rings. The Morgan fingerprint density at radius 2 is 2.04 bits per heavy atom. The van der Waals surface area contributed by atoms with Crippen LogP contribution >= 0.6 is 11.6 Å². The number of carbonyl (C=O) groups excluding carboxylic acids is 2. The molecule has 9 heteroatoms. The largest absolute Gasteiger partial charge is 0.453 e. The molecular formula is C19H17ClN4O4. The third-order valence-electron chi connectivity index (χ3n) is 3.92. The van der Waals surface area contributed by atoms with Crippen LogP contribution in [0.3, 0.4) is 0 Å². The Hall–Kier alpha value is -3.26. The normalized spacial score (nSPS) is 11.8. The molecule has 0 aliphatic carbocycles. The number of amides is 1. The molecule has 1 aromatic carbocycles. The first-order valence-electron chi connectivity index (χ1n) is 8.53. The minimum atomic E-state index is -1.02. The average Bonchev–Trinajstić information content (AvgIpc) is 2.68. The maximum atomic E-state index is 12.1. The van der Waals surface area contributed by atoms with Crippen molar-refractivity contribution >= 4 is 40.1 Å². The number of para-hydroxylation sites is 1. The monoisotopic (exact) mass is 400 g/mol. The molecule has 2 N–H and O–H groups in total. The lowest BCUT2D eigenvalue weighted by Crippen LogP contribution is -2.30. The molecule has 8 nitrogen and oxygen atoms in total. The van der Waals surface area contributed by atoms with E-state index in [-0.39, 0.29) is 23.6 Å². The summed E-state index contributed by atoms with van der Waals surface area (Å²) in [4.78, 5) is 47.0. The van der Waals surface area contributed by atoms with E-state index in [9.17, 15) is 14.4 Å². The second-order valence-corrected chi connectivity index (χ2v) is 6.35. The smallest absolute Gasteiger partial charge is 0.307 e. The predicted octanol–water partition coefficient (Wildman–Crippen LogP) is 2.47. The fraction of sp³-hybridized carbons (Fsp3) is 0.211. The molecule has 1 atom stereocenters. The number of carbonyl (C=O) groups is 2. The van der Waals surface area contributed by atoms with Gasteiger partial charge in [0.1, 0.15) is 5.82 Å². The second kappa shape index (κ2) is 8.62. The zero-order chi connectivity index (χ0) is 20.1. The standard InChI is InChI=1S/C19H17ClN4O4/c1-11(18(26)23-14-7-4-10-21-17(14)20)28-16(25)9-8-15-22-13-6-3-2-5-12(13)19(27)24-15/h2-7,10-11H,8-9H2,1H3,(H,23,26)(H,22,24,27)/t11-/m0/s1. The molecule has 28 heavy (non-hydrogen) atoms. The van der Waals surface area contributed by atoms with Crippen LogP contribution in [0.1, 0.15) is 19.2 Å². The lowest BCUT2D eigenvalue weighted by molar-refractivity contribution is -0.153. The maximum Gasteiger partial charge on any atom is 0.307 e. The summed E-state index contributed by atoms with van der Waals surface area (Å²) in [7, 11) is 0. The van der Waals surface area contributed by atoms with Crippen molar-refractivity contribution in [1.82, 2.24) is 15.0 Å². The third kappa shape index (κ3) is 4.72. The van der Waals surface area contributed by atoms with Crippen LogP contribution in [0.5, 0.6) is 0 Å². The summed E-state index contributed by atoms with van der Waals surface area (Å²) in [6.45, 7) is 1.45. The highest BCUT2D eigenvalue weighted by Crippen LogP contribution is 2.18. The highest BCUT2D eigenvalue weighted by molar-refractivity contribution is 6.32. The summed E-state index contributed by atoms with van der Waals surface area (Å²) in [6.07, 6.45) is 0.619. The Morgan fingerprint density at radius 1 is 1.25 bits per heavy atom. The fourth-order valence-corrected chi connectivity index (χ4v) is 2.66. The van der Waals surface area contributed by atoms with Crippen molar-refractivity contribution in [3.63, 3.8) is 0 Å². The van der Waals surface area contributed by atoms with Gasteiger partial charge in [0, 0.05) is 12.6 Å². The molecule has 0 radical (unpaired) electrons. The Labute approximate surface area is 164 Å². The van der Waals surface area contributed by atoms with Gasteiger partial charge in [0.2, 0.25) is 0 Å². The number of fused-ring (bicyclic) bond motifs is 1. The minimum Gasteiger partial charge on any atom is -0.453 e. The number of esters is 1. The number of hydrogen-bond acceptors (Lipinski definition) is 6. The summed E-state index contributed by atoms with van der Waals surface area (Å²) >= 11 is 5.88. The number of nitrogens with one attached hydrogen (secondary N) is 2. The number of ether oxygens (including phenoxy) is 1. The van der Waals surface area contributed by atoms with Gasteiger partial charge in [-0.25, -0.2) is 9.97 Å². The van der Waals surface area contributed by atoms with Crippen molar-refractivity contribution in [3.05, 3.63) is 63.9 Å². The first-order chi connectivity index (χ1) is 13.4. The zero-order valence-electron chi connectivity index (χ0n) is 14.9. The molecule has 2 aromatic heterocycles. The fourth-order valence-electron chi connectivity index (χ4n) is 2.50. The van der Waals surface area contributed by atoms with E-state index in [0.717, 1.165) is 0 Å². The molecule has 0 aliphatic heterocycles. The van der Waals surface area contributed by atoms with Crippen LogP contribution in [0.25, 0.3) is 10.9 Å². The highest BCUT2D eigenvalue weighted by atomic mass is 35.5. The highest BCUT2D eigenvalue weighted by Gasteiger charge is 2.19. The molecule has 0 bridgehead atoms. The summed E-state index contributed by atoms with van der Waals surface area (Å²) in [5, 5.41) is 3.17. The van der Waals surface area contributed by atoms with Crippen molar-refractivity contribution in [2.45, 2.75) is 25.9 Å². The molecular weight excluding hydrogens is 384 g/mol. The number of nitrogens with zero attached hydrogens (tertiary/aromatic N) is 2. The van der Waals surface area contributed by atoms with Crippen LogP contribution in [-0.2, 0) is 20.7 Å². The summed E-state index contributed by atoms with van der Waals surface area (Å²) in [6, 6.07) is 10.1. The summed E-state index contributed by atoms with van der Waals surface area (Å²) < 4.78 is 5.13. The van der Waals surface area contributed by atoms with Gasteiger partial charge in [-0.3, -0.25) is 14.4 Å². The van der Waals surface area contributed by atoms with Crippen LogP contribution in [0.4, 0.5) is 5.69 Å². The van der Waals surface area contributed by atoms with Gasteiger partial charge < -0.3 is 15.0 Å². The van der Waals surface area contributed by atoms with E-state index in [1.807, 2.05) is 0 Å². The van der Waals surface area contributed by atoms with E-state index in [1.54, 1.807) is 36.4 Å². The third-order valence-corrected chi connectivity index (χ3v) is 4.22. The molecule has 2 heterocycles. The number of H-pyrrole nitrogens is 1. The van der Waals surface area contributed by atoms with Gasteiger partial charge in [0.25, 0.3) is 11.5 Å². The molecule has 144 valence electrons. The number of anilines is 1. The molecule has 0 fully saturated rings. The summed E-state index contributed by atoms with van der Waals surface area (Å²) in [5.74, 6) is -0.740. The van der Waals surface area contributed by atoms with Crippen LogP contribution < -0.4 is 10.9 Å². The SMILES string of the molecule is C[C@H](OC(=O)CCc1nc2ccccc2c(=O)[nH]1)C(=O)Nc1cccnc1Cl. The van der Waals surface area contributed by atoms with Gasteiger partial charge in [-0.2, -0.15) is 0 Å². The van der Waals surface area contributed by atoms with Crippen molar-refractivity contribution in [1.29, 1.82) is 0 Å². The van der Waals surface area contributed by atoms with E-state index in [1.165, 1.54) is 13.1 Å². The molecule has 1 amide bonds. The van der Waals surface area contributed by atoms with Crippen molar-refractivity contribution in [3.8, 4) is 0 Å². The Balaban J connectivity index is 1.56. The number of pyridine rings is 1. The number of aryl methyl sites for hydroxylation is 1. The second-order valence-electron chi connectivity index (χ2n) is 5.99. The zero-order valence-corrected chi connectivity index (χ0v) is 15.7. The van der Waals surface area contributed by atoms with Gasteiger partial charge >= 0.3 is 5.97 Å². The first-order valence-corrected chi connectivity index (χ1v) is 8.90. The maximum absolute atomic E-state index is 12.1. The number of hydrogen-bond donors (Lipinski definition) is 2. The molecule has 0 spiro atoms. The van der Waals surface area contributed by atoms with Crippen LogP contribution in [-0.4, -0.2) is 32.9 Å². The Bertz CT molecular complexity index is 1080. The lowest BCUT2D eigenvalue weighted by Gasteiger charge is -2.14. The van der Waals surface area contributed by atoms with E-state index in [0.29, 0.717) is 22.4 Å². The predicted molar refractivity (Wildman–Crippen MR) is 104 cm³/mol. The van der Waals surface area contributed by atoms with Crippen molar-refractivity contribution in [2.24, 2.45) is 0 Å². The Kier molecular flexibility index (Phi) is 6.00. The van der Waals surface area contributed by atoms with E-state index in [4.69, 9.17) is 16.3 Å². The van der Waals surface area contributed by atoms with Gasteiger partial charge in [0.15, 0.2) is 11.3 Å². The van der Waals surface area contributed by atoms with Gasteiger partial charge in [-0.15, -0.1) is 0 Å². The Morgan fingerprint density at radius 3 is 2.82 bits per heavy atom. The van der Waals surface area contributed by atoms with Gasteiger partial charge in [0.05, 0.1) is 23.0 Å². The van der Waals surface area contributed by atoms with Gasteiger partial charge in [-0.1, -0.05) is 23.7 Å². The van der Waals surface area contributed by atoms with Crippen LogP contribution in [0.2, 0.25) is 5.15 Å². The molecule has 0 saturated carbocycles. The number of rotatable bonds is 6. The van der Waals surface area contributed by atoms with Gasteiger partial charge in [-0.05, 0) is 31.2 Å². The van der Waals surface area contributed by atoms with E-state index < -0.39 is 18.0 Å². The molecule has 0 unspecified atom stereocenters. The topological polar surface area (TPSA) is 114 Å². The van der Waals surface area contributed by atoms with Crippen molar-refractivity contribution < 1.29 is 14.3 Å². The van der Waals surface area contributed by atoms with E-state index >= 15 is 0 Å². The van der Waals surface area contributed by atoms with Crippen molar-refractivity contribution in [2.75, 3.05) is 5.32 Å². The summed E-state index contributed by atoms with van der Waals surface area (Å²) in [5.41, 5.74) is 0.612. The quantitative estimate of drug-likeness (QED) is 0.485. The average molecular weight is 401 g/mol. The first kappa shape index (κ1) is 19.5. The number of aromatic amines is 1. The lowest BCUT2D eigenvalue weighted by atomic mass is 10.2. The minimum absolute atomic E-state index is 0.0352. The number of halogens is 1. The molecule has 0 saturated heterocycles. The van der Waals surface area contributed by atoms with Crippen LogP contribution in [0.15, 0.2) is 47.4 Å². The molecule has 0 aliphatic rings. The van der Waals surface area contributed by atoms with Crippen LogP contribution in [0, 0.1) is 0 Å². The van der Waals surface area contributed by atoms with E-state index in [2.05, 4.69) is 20.3 Å².